The Morgan fingerprint density at radius 3 is 2.40 bits per heavy atom. The molecule has 0 aliphatic rings. The maximum atomic E-state index is 12.2. The van der Waals surface area contributed by atoms with Crippen LogP contribution in [0, 0.1) is 0 Å². The van der Waals surface area contributed by atoms with Gasteiger partial charge in [-0.1, -0.05) is 46.3 Å². The van der Waals surface area contributed by atoms with Gasteiger partial charge in [0, 0.05) is 23.6 Å². The van der Waals surface area contributed by atoms with Crippen molar-refractivity contribution in [2.75, 3.05) is 17.3 Å². The average molecular weight is 396 g/mol. The monoisotopic (exact) mass is 395 g/mol. The minimum atomic E-state index is -0.176. The molecule has 3 aromatic rings. The summed E-state index contributed by atoms with van der Waals surface area (Å²) in [6, 6.07) is 21.2. The van der Waals surface area contributed by atoms with Crippen LogP contribution in [-0.2, 0) is 6.54 Å². The van der Waals surface area contributed by atoms with E-state index in [-0.39, 0.29) is 5.91 Å². The summed E-state index contributed by atoms with van der Waals surface area (Å²) in [7, 11) is 2.02. The molecule has 1 heterocycles. The number of pyridine rings is 1. The van der Waals surface area contributed by atoms with E-state index in [4.69, 9.17) is 0 Å². The molecule has 0 aliphatic heterocycles. The van der Waals surface area contributed by atoms with Crippen molar-refractivity contribution in [2.45, 2.75) is 6.54 Å². The molecule has 0 fully saturated rings. The van der Waals surface area contributed by atoms with E-state index in [0.29, 0.717) is 11.4 Å². The van der Waals surface area contributed by atoms with Crippen molar-refractivity contribution in [1.29, 1.82) is 0 Å². The quantitative estimate of drug-likeness (QED) is 0.678. The summed E-state index contributed by atoms with van der Waals surface area (Å²) in [5, 5.41) is 2.81. The van der Waals surface area contributed by atoms with Gasteiger partial charge in [-0.2, -0.15) is 0 Å². The second kappa shape index (κ2) is 7.94. The van der Waals surface area contributed by atoms with Crippen LogP contribution < -0.4 is 10.2 Å². The van der Waals surface area contributed by atoms with E-state index in [1.807, 2.05) is 49.5 Å². The van der Waals surface area contributed by atoms with Crippen LogP contribution in [0.4, 0.5) is 11.5 Å². The van der Waals surface area contributed by atoms with Crippen molar-refractivity contribution < 1.29 is 4.79 Å². The van der Waals surface area contributed by atoms with Crippen molar-refractivity contribution in [3.8, 4) is 0 Å². The normalized spacial score (nSPS) is 10.3. The molecule has 126 valence electrons. The Balaban J connectivity index is 1.63. The first-order valence-electron chi connectivity index (χ1n) is 7.90. The third kappa shape index (κ3) is 4.67. The minimum absolute atomic E-state index is 0.176. The van der Waals surface area contributed by atoms with E-state index in [0.717, 1.165) is 16.7 Å². The lowest BCUT2D eigenvalue weighted by atomic mass is 10.2. The van der Waals surface area contributed by atoms with Crippen LogP contribution in [0.5, 0.6) is 0 Å². The Morgan fingerprint density at radius 2 is 1.76 bits per heavy atom. The summed E-state index contributed by atoms with van der Waals surface area (Å²) in [6.07, 6.45) is 1.76. The Labute approximate surface area is 155 Å². The second-order valence-corrected chi connectivity index (χ2v) is 6.62. The number of hydrogen-bond acceptors (Lipinski definition) is 3. The van der Waals surface area contributed by atoms with Crippen LogP contribution >= 0.6 is 15.9 Å². The summed E-state index contributed by atoms with van der Waals surface area (Å²) in [4.78, 5) is 18.7. The van der Waals surface area contributed by atoms with Gasteiger partial charge in [0.15, 0.2) is 0 Å². The zero-order chi connectivity index (χ0) is 17.6. The molecule has 0 aliphatic carbocycles. The Hall–Kier alpha value is -2.66. The summed E-state index contributed by atoms with van der Waals surface area (Å²) in [6.45, 7) is 0.799. The third-order valence-corrected chi connectivity index (χ3v) is 4.33. The van der Waals surface area contributed by atoms with E-state index in [1.54, 1.807) is 18.3 Å². The van der Waals surface area contributed by atoms with Crippen molar-refractivity contribution in [1.82, 2.24) is 4.98 Å². The standard InChI is InChI=1S/C20H18BrN3O/c1-24(14-15-5-3-2-4-6-15)18-11-12-19(22-13-18)23-20(25)16-7-9-17(21)10-8-16/h2-13H,14H2,1H3,(H,22,23,25). The first kappa shape index (κ1) is 17.2. The van der Waals surface area contributed by atoms with Crippen molar-refractivity contribution in [2.24, 2.45) is 0 Å². The number of aromatic nitrogens is 1. The average Bonchev–Trinajstić information content (AvgIpc) is 2.63. The molecule has 0 saturated heterocycles. The Bertz CT molecular complexity index is 833. The molecule has 1 amide bonds. The molecule has 25 heavy (non-hydrogen) atoms. The molecule has 0 unspecified atom stereocenters. The van der Waals surface area contributed by atoms with E-state index < -0.39 is 0 Å². The number of carbonyl (C=O) groups excluding carboxylic acids is 1. The molecule has 1 N–H and O–H groups in total. The smallest absolute Gasteiger partial charge is 0.256 e. The van der Waals surface area contributed by atoms with Crippen LogP contribution in [0.3, 0.4) is 0 Å². The highest BCUT2D eigenvalue weighted by atomic mass is 79.9. The summed E-state index contributed by atoms with van der Waals surface area (Å²) in [5.41, 5.74) is 2.82. The van der Waals surface area contributed by atoms with E-state index in [1.165, 1.54) is 5.56 Å². The molecule has 2 aromatic carbocycles. The van der Waals surface area contributed by atoms with Gasteiger partial charge in [-0.3, -0.25) is 4.79 Å². The topological polar surface area (TPSA) is 45.2 Å². The molecule has 0 saturated carbocycles. The maximum absolute atomic E-state index is 12.2. The van der Waals surface area contributed by atoms with Crippen LogP contribution in [0.2, 0.25) is 0 Å². The van der Waals surface area contributed by atoms with Crippen LogP contribution in [0.15, 0.2) is 77.4 Å². The fraction of sp³-hybridized carbons (Fsp3) is 0.100. The molecular weight excluding hydrogens is 378 g/mol. The second-order valence-electron chi connectivity index (χ2n) is 5.70. The highest BCUT2D eigenvalue weighted by molar-refractivity contribution is 9.10. The number of hydrogen-bond donors (Lipinski definition) is 1. The number of halogens is 1. The molecule has 0 bridgehead atoms. The van der Waals surface area contributed by atoms with Crippen LogP contribution in [0.25, 0.3) is 0 Å². The van der Waals surface area contributed by atoms with Crippen LogP contribution in [0.1, 0.15) is 15.9 Å². The van der Waals surface area contributed by atoms with Crippen LogP contribution in [-0.4, -0.2) is 17.9 Å². The van der Waals surface area contributed by atoms with Gasteiger partial charge >= 0.3 is 0 Å². The number of rotatable bonds is 5. The number of carbonyl (C=O) groups is 1. The van der Waals surface area contributed by atoms with Gasteiger partial charge in [-0.25, -0.2) is 4.98 Å². The van der Waals surface area contributed by atoms with E-state index in [2.05, 4.69) is 43.3 Å². The Kier molecular flexibility index (Phi) is 5.46. The minimum Gasteiger partial charge on any atom is -0.369 e. The van der Waals surface area contributed by atoms with Gasteiger partial charge in [-0.05, 0) is 42.0 Å². The largest absolute Gasteiger partial charge is 0.369 e. The molecule has 5 heteroatoms. The van der Waals surface area contributed by atoms with Crippen molar-refractivity contribution in [3.05, 3.63) is 88.5 Å². The summed E-state index contributed by atoms with van der Waals surface area (Å²) in [5.74, 6) is 0.357. The lowest BCUT2D eigenvalue weighted by Gasteiger charge is -2.19. The van der Waals surface area contributed by atoms with Gasteiger partial charge in [0.2, 0.25) is 0 Å². The van der Waals surface area contributed by atoms with Gasteiger partial charge in [0.05, 0.1) is 11.9 Å². The zero-order valence-corrected chi connectivity index (χ0v) is 15.4. The highest BCUT2D eigenvalue weighted by Gasteiger charge is 2.08. The SMILES string of the molecule is CN(Cc1ccccc1)c1ccc(NC(=O)c2ccc(Br)cc2)nc1. The predicted octanol–water partition coefficient (Wildman–Crippen LogP) is 4.73. The summed E-state index contributed by atoms with van der Waals surface area (Å²) < 4.78 is 0.938. The fourth-order valence-corrected chi connectivity index (χ4v) is 2.69. The maximum Gasteiger partial charge on any atom is 0.256 e. The van der Waals surface area contributed by atoms with E-state index in [9.17, 15) is 4.79 Å². The van der Waals surface area contributed by atoms with Crippen molar-refractivity contribution in [3.63, 3.8) is 0 Å². The van der Waals surface area contributed by atoms with Gasteiger partial charge in [0.1, 0.15) is 5.82 Å². The fourth-order valence-electron chi connectivity index (χ4n) is 2.42. The molecular formula is C20H18BrN3O. The summed E-state index contributed by atoms with van der Waals surface area (Å²) >= 11 is 3.36. The molecule has 0 atom stereocenters. The van der Waals surface area contributed by atoms with Gasteiger partial charge in [-0.15, -0.1) is 0 Å². The number of nitrogens with zero attached hydrogens (tertiary/aromatic N) is 2. The molecule has 1 aromatic heterocycles. The van der Waals surface area contributed by atoms with Gasteiger partial charge in [0.25, 0.3) is 5.91 Å². The molecule has 3 rings (SSSR count). The highest BCUT2D eigenvalue weighted by Crippen LogP contribution is 2.17. The predicted molar refractivity (Wildman–Crippen MR) is 105 cm³/mol. The number of anilines is 2. The number of amides is 1. The molecule has 4 nitrogen and oxygen atoms in total. The molecule has 0 spiro atoms. The first-order valence-corrected chi connectivity index (χ1v) is 8.69. The molecule has 0 radical (unpaired) electrons. The van der Waals surface area contributed by atoms with E-state index >= 15 is 0 Å². The zero-order valence-electron chi connectivity index (χ0n) is 13.8. The number of benzene rings is 2. The van der Waals surface area contributed by atoms with Gasteiger partial charge < -0.3 is 10.2 Å². The first-order chi connectivity index (χ1) is 12.1. The lowest BCUT2D eigenvalue weighted by Crippen LogP contribution is -2.17. The van der Waals surface area contributed by atoms with Crippen molar-refractivity contribution >= 4 is 33.3 Å². The lowest BCUT2D eigenvalue weighted by molar-refractivity contribution is 0.102. The number of nitrogens with one attached hydrogen (secondary N) is 1. The Morgan fingerprint density at radius 1 is 1.04 bits per heavy atom. The third-order valence-electron chi connectivity index (χ3n) is 3.80.